The van der Waals surface area contributed by atoms with Crippen LogP contribution in [0.1, 0.15) is 18.4 Å². The molecule has 0 unspecified atom stereocenters. The molecule has 1 aliphatic rings. The van der Waals surface area contributed by atoms with Gasteiger partial charge in [0.05, 0.1) is 24.4 Å². The molecule has 2 rings (SSSR count). The van der Waals surface area contributed by atoms with Crippen LogP contribution in [0.3, 0.4) is 0 Å². The number of anilines is 1. The number of ether oxygens (including phenoxy) is 1. The van der Waals surface area contributed by atoms with Gasteiger partial charge in [-0.3, -0.25) is 0 Å². The monoisotopic (exact) mass is 259 g/mol. The average molecular weight is 259 g/mol. The molecule has 0 amide bonds. The highest BCUT2D eigenvalue weighted by atomic mass is 16.5. The Labute approximate surface area is 115 Å². The van der Waals surface area contributed by atoms with E-state index in [-0.39, 0.29) is 0 Å². The van der Waals surface area contributed by atoms with Crippen LogP contribution in [0.2, 0.25) is 0 Å². The molecule has 1 fully saturated rings. The number of nitrogens with one attached hydrogen (secondary N) is 1. The zero-order valence-electron chi connectivity index (χ0n) is 11.6. The number of benzene rings is 1. The van der Waals surface area contributed by atoms with Gasteiger partial charge in [-0.2, -0.15) is 5.26 Å². The minimum absolute atomic E-state index is 0.627. The van der Waals surface area contributed by atoms with Gasteiger partial charge in [-0.1, -0.05) is 0 Å². The Morgan fingerprint density at radius 2 is 2.16 bits per heavy atom. The number of nitriles is 1. The first-order chi connectivity index (χ1) is 9.22. The zero-order chi connectivity index (χ0) is 13.7. The Bertz CT molecular complexity index is 459. The lowest BCUT2D eigenvalue weighted by Gasteiger charge is -2.29. The highest BCUT2D eigenvalue weighted by Gasteiger charge is 2.16. The highest BCUT2D eigenvalue weighted by molar-refractivity contribution is 5.59. The Morgan fingerprint density at radius 1 is 1.42 bits per heavy atom. The van der Waals surface area contributed by atoms with Gasteiger partial charge >= 0.3 is 0 Å². The van der Waals surface area contributed by atoms with Crippen LogP contribution in [-0.2, 0) is 0 Å². The smallest absolute Gasteiger partial charge is 0.143 e. The minimum atomic E-state index is 0.627. The summed E-state index contributed by atoms with van der Waals surface area (Å²) in [5.41, 5.74) is 1.60. The van der Waals surface area contributed by atoms with Gasteiger partial charge in [0.2, 0.25) is 0 Å². The van der Waals surface area contributed by atoms with E-state index >= 15 is 0 Å². The molecule has 4 heteroatoms. The first-order valence-electron chi connectivity index (χ1n) is 6.73. The molecule has 1 aromatic carbocycles. The SMILES string of the molecule is COc1cc(C#N)ccc1NCC1CCN(C)CC1. The molecule has 0 atom stereocenters. The predicted molar refractivity (Wildman–Crippen MR) is 76.4 cm³/mol. The molecular formula is C15H21N3O. The molecule has 1 aliphatic heterocycles. The lowest BCUT2D eigenvalue weighted by molar-refractivity contribution is 0.226. The lowest BCUT2D eigenvalue weighted by atomic mass is 9.97. The van der Waals surface area contributed by atoms with E-state index in [2.05, 4.69) is 23.3 Å². The summed E-state index contributed by atoms with van der Waals surface area (Å²) in [7, 11) is 3.81. The first kappa shape index (κ1) is 13.7. The molecule has 1 heterocycles. The summed E-state index contributed by atoms with van der Waals surface area (Å²) in [5, 5.41) is 12.3. The van der Waals surface area contributed by atoms with E-state index in [0.717, 1.165) is 23.9 Å². The third-order valence-corrected chi connectivity index (χ3v) is 3.75. The standard InChI is InChI=1S/C15H21N3O/c1-18-7-5-12(6-8-18)11-17-14-4-3-13(10-16)9-15(14)19-2/h3-4,9,12,17H,5-8,11H2,1-2H3. The predicted octanol–water partition coefficient (Wildman–Crippen LogP) is 2.32. The molecule has 19 heavy (non-hydrogen) atoms. The van der Waals surface area contributed by atoms with Crippen LogP contribution >= 0.6 is 0 Å². The van der Waals surface area contributed by atoms with Crippen LogP contribution in [0.15, 0.2) is 18.2 Å². The van der Waals surface area contributed by atoms with Crippen LogP contribution in [0.5, 0.6) is 5.75 Å². The molecule has 4 nitrogen and oxygen atoms in total. The normalized spacial score (nSPS) is 16.9. The second-order valence-corrected chi connectivity index (χ2v) is 5.15. The molecular weight excluding hydrogens is 238 g/mol. The quantitative estimate of drug-likeness (QED) is 0.901. The average Bonchev–Trinajstić information content (AvgIpc) is 2.46. The zero-order valence-corrected chi connectivity index (χ0v) is 11.6. The van der Waals surface area contributed by atoms with Crippen LogP contribution in [0, 0.1) is 17.2 Å². The van der Waals surface area contributed by atoms with Crippen molar-refractivity contribution in [3.05, 3.63) is 23.8 Å². The summed E-state index contributed by atoms with van der Waals surface area (Å²) >= 11 is 0. The van der Waals surface area contributed by atoms with Gasteiger partial charge in [-0.15, -0.1) is 0 Å². The Hall–Kier alpha value is -1.73. The number of likely N-dealkylation sites (tertiary alicyclic amines) is 1. The fourth-order valence-corrected chi connectivity index (χ4v) is 2.43. The van der Waals surface area contributed by atoms with Crippen molar-refractivity contribution in [2.45, 2.75) is 12.8 Å². The van der Waals surface area contributed by atoms with Crippen molar-refractivity contribution in [2.24, 2.45) is 5.92 Å². The van der Waals surface area contributed by atoms with E-state index in [0.29, 0.717) is 5.56 Å². The van der Waals surface area contributed by atoms with E-state index in [1.807, 2.05) is 12.1 Å². The summed E-state index contributed by atoms with van der Waals surface area (Å²) < 4.78 is 5.32. The first-order valence-corrected chi connectivity index (χ1v) is 6.73. The summed E-state index contributed by atoms with van der Waals surface area (Å²) in [5.74, 6) is 1.46. The number of methoxy groups -OCH3 is 1. The number of nitrogens with zero attached hydrogens (tertiary/aromatic N) is 2. The van der Waals surface area contributed by atoms with E-state index in [4.69, 9.17) is 10.00 Å². The Morgan fingerprint density at radius 3 is 2.79 bits per heavy atom. The highest BCUT2D eigenvalue weighted by Crippen LogP contribution is 2.26. The second-order valence-electron chi connectivity index (χ2n) is 5.15. The van der Waals surface area contributed by atoms with E-state index < -0.39 is 0 Å². The second kappa shape index (κ2) is 6.44. The van der Waals surface area contributed by atoms with Crippen molar-refractivity contribution < 1.29 is 4.74 Å². The summed E-state index contributed by atoms with van der Waals surface area (Å²) in [6, 6.07) is 7.64. The van der Waals surface area contributed by atoms with Crippen LogP contribution in [0.25, 0.3) is 0 Å². The molecule has 0 saturated carbocycles. The molecule has 102 valence electrons. The van der Waals surface area contributed by atoms with Crippen molar-refractivity contribution in [1.29, 1.82) is 5.26 Å². The van der Waals surface area contributed by atoms with Crippen LogP contribution < -0.4 is 10.1 Å². The fourth-order valence-electron chi connectivity index (χ4n) is 2.43. The van der Waals surface area contributed by atoms with Crippen molar-refractivity contribution >= 4 is 5.69 Å². The maximum Gasteiger partial charge on any atom is 0.143 e. The lowest BCUT2D eigenvalue weighted by Crippen LogP contribution is -2.32. The molecule has 0 spiro atoms. The summed E-state index contributed by atoms with van der Waals surface area (Å²) in [4.78, 5) is 2.37. The number of hydrogen-bond acceptors (Lipinski definition) is 4. The summed E-state index contributed by atoms with van der Waals surface area (Å²) in [6.45, 7) is 3.32. The number of piperidine rings is 1. The van der Waals surface area contributed by atoms with Crippen molar-refractivity contribution in [3.63, 3.8) is 0 Å². The van der Waals surface area contributed by atoms with Crippen LogP contribution in [0.4, 0.5) is 5.69 Å². The molecule has 1 N–H and O–H groups in total. The van der Waals surface area contributed by atoms with E-state index in [1.165, 1.54) is 25.9 Å². The van der Waals surface area contributed by atoms with Gasteiger partial charge < -0.3 is 15.0 Å². The third-order valence-electron chi connectivity index (χ3n) is 3.75. The molecule has 0 bridgehead atoms. The van der Waals surface area contributed by atoms with Gasteiger partial charge in [0.1, 0.15) is 5.75 Å². The maximum atomic E-state index is 8.88. The van der Waals surface area contributed by atoms with Gasteiger partial charge in [-0.25, -0.2) is 0 Å². The molecule has 1 saturated heterocycles. The van der Waals surface area contributed by atoms with Gasteiger partial charge in [0, 0.05) is 12.6 Å². The van der Waals surface area contributed by atoms with Crippen molar-refractivity contribution in [2.75, 3.05) is 39.1 Å². The molecule has 1 aromatic rings. The molecule has 0 aliphatic carbocycles. The molecule has 0 aromatic heterocycles. The Balaban J connectivity index is 1.94. The summed E-state index contributed by atoms with van der Waals surface area (Å²) in [6.07, 6.45) is 2.48. The van der Waals surface area contributed by atoms with Crippen molar-refractivity contribution in [1.82, 2.24) is 4.90 Å². The van der Waals surface area contributed by atoms with Crippen molar-refractivity contribution in [3.8, 4) is 11.8 Å². The Kier molecular flexibility index (Phi) is 4.64. The fraction of sp³-hybridized carbons (Fsp3) is 0.533. The van der Waals surface area contributed by atoms with Gasteiger partial charge in [0.25, 0.3) is 0 Å². The number of hydrogen-bond donors (Lipinski definition) is 1. The topological polar surface area (TPSA) is 48.3 Å². The van der Waals surface area contributed by atoms with E-state index in [1.54, 1.807) is 13.2 Å². The third kappa shape index (κ3) is 3.62. The molecule has 0 radical (unpaired) electrons. The van der Waals surface area contributed by atoms with E-state index in [9.17, 15) is 0 Å². The maximum absolute atomic E-state index is 8.88. The van der Waals surface area contributed by atoms with Gasteiger partial charge in [0.15, 0.2) is 0 Å². The largest absolute Gasteiger partial charge is 0.495 e. The van der Waals surface area contributed by atoms with Gasteiger partial charge in [-0.05, 0) is 51.0 Å². The number of rotatable bonds is 4. The van der Waals surface area contributed by atoms with Crippen LogP contribution in [-0.4, -0.2) is 38.7 Å². The minimum Gasteiger partial charge on any atom is -0.495 e.